The lowest BCUT2D eigenvalue weighted by Gasteiger charge is -2.18. The van der Waals surface area contributed by atoms with E-state index >= 15 is 0 Å². The second-order valence-corrected chi connectivity index (χ2v) is 16.6. The van der Waals surface area contributed by atoms with Gasteiger partial charge in [0.25, 0.3) is 0 Å². The van der Waals surface area contributed by atoms with E-state index in [1.54, 1.807) is 0 Å². The molecule has 2 aromatic heterocycles. The monoisotopic (exact) mass is 752 g/mol. The van der Waals surface area contributed by atoms with E-state index in [-0.39, 0.29) is 0 Å². The topological polar surface area (TPSA) is 13.1 Å². The van der Waals surface area contributed by atoms with Crippen molar-refractivity contribution in [2.75, 3.05) is 0 Å². The zero-order chi connectivity index (χ0) is 37.9. The predicted molar refractivity (Wildman–Crippen MR) is 250 cm³/mol. The molecule has 13 aromatic rings. The molecule has 0 bridgehead atoms. The highest BCUT2D eigenvalue weighted by atomic mass is 32.1. The number of hydrogen-bond donors (Lipinski definition) is 0. The lowest BCUT2D eigenvalue weighted by molar-refractivity contribution is 0.673. The minimum Gasteiger partial charge on any atom is -0.455 e. The zero-order valence-corrected chi connectivity index (χ0v) is 32.1. The molecule has 0 aliphatic rings. The van der Waals surface area contributed by atoms with Crippen molar-refractivity contribution in [1.29, 1.82) is 0 Å². The zero-order valence-electron chi connectivity index (χ0n) is 31.3. The first-order valence-electron chi connectivity index (χ1n) is 19.9. The minimum absolute atomic E-state index is 0.918. The Labute approximate surface area is 337 Å². The Morgan fingerprint density at radius 2 is 0.793 bits per heavy atom. The van der Waals surface area contributed by atoms with Crippen molar-refractivity contribution in [3.63, 3.8) is 0 Å². The van der Waals surface area contributed by atoms with Crippen LogP contribution in [0, 0.1) is 0 Å². The van der Waals surface area contributed by atoms with Gasteiger partial charge in [-0.25, -0.2) is 0 Å². The van der Waals surface area contributed by atoms with Gasteiger partial charge >= 0.3 is 0 Å². The van der Waals surface area contributed by atoms with Gasteiger partial charge in [0.2, 0.25) is 0 Å². The Balaban J connectivity index is 0.964. The maximum atomic E-state index is 6.74. The smallest absolute Gasteiger partial charge is 0.143 e. The van der Waals surface area contributed by atoms with Crippen molar-refractivity contribution in [2.45, 2.75) is 0 Å². The Morgan fingerprint density at radius 3 is 1.48 bits per heavy atom. The number of hydrogen-bond acceptors (Lipinski definition) is 2. The molecule has 0 aliphatic heterocycles. The fourth-order valence-corrected chi connectivity index (χ4v) is 11.1. The molecule has 2 heteroatoms. The number of thiophene rings is 1. The SMILES string of the molecule is c1ccc2c(-c3c4ccccc4c(-c4ccc5c(c4)sc4cc(-c6ccc7c(c6)oc6c8ccccc8c8ccccc8c76)ccc45)c4ccccc34)cccc2c1. The van der Waals surface area contributed by atoms with Gasteiger partial charge < -0.3 is 4.42 Å². The Morgan fingerprint density at radius 1 is 0.310 bits per heavy atom. The summed E-state index contributed by atoms with van der Waals surface area (Å²) in [5.74, 6) is 0. The van der Waals surface area contributed by atoms with E-state index in [9.17, 15) is 0 Å². The molecule has 13 rings (SSSR count). The van der Waals surface area contributed by atoms with Crippen molar-refractivity contribution in [2.24, 2.45) is 0 Å². The number of fused-ring (bicyclic) bond motifs is 14. The highest BCUT2D eigenvalue weighted by molar-refractivity contribution is 7.25. The molecule has 0 atom stereocenters. The summed E-state index contributed by atoms with van der Waals surface area (Å²) in [6, 6.07) is 71.4. The average molecular weight is 753 g/mol. The molecule has 1 nitrogen and oxygen atoms in total. The predicted octanol–water partition coefficient (Wildman–Crippen LogP) is 16.7. The van der Waals surface area contributed by atoms with Crippen LogP contribution in [0.15, 0.2) is 199 Å². The highest BCUT2D eigenvalue weighted by Crippen LogP contribution is 2.47. The van der Waals surface area contributed by atoms with Crippen LogP contribution in [0.5, 0.6) is 0 Å². The van der Waals surface area contributed by atoms with Gasteiger partial charge in [-0.1, -0.05) is 170 Å². The van der Waals surface area contributed by atoms with Gasteiger partial charge in [0.1, 0.15) is 11.2 Å². The lowest BCUT2D eigenvalue weighted by Crippen LogP contribution is -1.91. The molecular weight excluding hydrogens is 721 g/mol. The van der Waals surface area contributed by atoms with Crippen molar-refractivity contribution in [1.82, 2.24) is 0 Å². The van der Waals surface area contributed by atoms with Crippen LogP contribution in [0.3, 0.4) is 0 Å². The fourth-order valence-electron chi connectivity index (χ4n) is 9.87. The van der Waals surface area contributed by atoms with E-state index in [4.69, 9.17) is 4.42 Å². The second kappa shape index (κ2) is 12.1. The molecule has 11 aromatic carbocycles. The second-order valence-electron chi connectivity index (χ2n) is 15.5. The van der Waals surface area contributed by atoms with E-state index in [0.29, 0.717) is 0 Å². The molecule has 0 saturated carbocycles. The van der Waals surface area contributed by atoms with Crippen molar-refractivity contribution >= 4 is 107 Å². The molecule has 0 unspecified atom stereocenters. The molecule has 0 aliphatic carbocycles. The molecule has 0 N–H and O–H groups in total. The van der Waals surface area contributed by atoms with Crippen LogP contribution in [0.1, 0.15) is 0 Å². The van der Waals surface area contributed by atoms with E-state index in [1.165, 1.54) is 102 Å². The van der Waals surface area contributed by atoms with Crippen LogP contribution >= 0.6 is 11.3 Å². The Kier molecular flexibility index (Phi) is 6.66. The molecule has 0 fully saturated rings. The first kappa shape index (κ1) is 31.9. The largest absolute Gasteiger partial charge is 0.455 e. The normalized spacial score (nSPS) is 12.1. The molecule has 0 saturated heterocycles. The maximum absolute atomic E-state index is 6.74. The first-order chi connectivity index (χ1) is 28.8. The third-order valence-corrected chi connectivity index (χ3v) is 13.5. The molecule has 58 heavy (non-hydrogen) atoms. The third-order valence-electron chi connectivity index (χ3n) is 12.4. The van der Waals surface area contributed by atoms with Crippen LogP contribution < -0.4 is 0 Å². The maximum Gasteiger partial charge on any atom is 0.143 e. The van der Waals surface area contributed by atoms with Crippen molar-refractivity contribution in [3.05, 3.63) is 194 Å². The molecule has 0 spiro atoms. The molecular formula is C56H32OS. The van der Waals surface area contributed by atoms with Gasteiger partial charge in [0.15, 0.2) is 0 Å². The van der Waals surface area contributed by atoms with Gasteiger partial charge in [-0.15, -0.1) is 11.3 Å². The quantitative estimate of drug-likeness (QED) is 0.129. The van der Waals surface area contributed by atoms with E-state index in [1.807, 2.05) is 11.3 Å². The Bertz CT molecular complexity index is 3800. The summed E-state index contributed by atoms with van der Waals surface area (Å²) in [6.07, 6.45) is 0. The number of rotatable bonds is 3. The highest BCUT2D eigenvalue weighted by Gasteiger charge is 2.20. The molecule has 0 amide bonds. The van der Waals surface area contributed by atoms with E-state index < -0.39 is 0 Å². The van der Waals surface area contributed by atoms with Crippen molar-refractivity contribution < 1.29 is 4.42 Å². The number of furan rings is 1. The van der Waals surface area contributed by atoms with Gasteiger partial charge in [-0.2, -0.15) is 0 Å². The van der Waals surface area contributed by atoms with Crippen LogP contribution in [0.2, 0.25) is 0 Å². The summed E-state index contributed by atoms with van der Waals surface area (Å²) in [5.41, 5.74) is 9.32. The van der Waals surface area contributed by atoms with Crippen LogP contribution in [-0.4, -0.2) is 0 Å². The van der Waals surface area contributed by atoms with Crippen LogP contribution in [0.4, 0.5) is 0 Å². The summed E-state index contributed by atoms with van der Waals surface area (Å²) in [7, 11) is 0. The van der Waals surface area contributed by atoms with Crippen LogP contribution in [0.25, 0.3) is 129 Å². The summed E-state index contributed by atoms with van der Waals surface area (Å²) in [4.78, 5) is 0. The molecule has 268 valence electrons. The summed E-state index contributed by atoms with van der Waals surface area (Å²) in [5, 5.41) is 17.4. The Hall–Kier alpha value is -7.26. The summed E-state index contributed by atoms with van der Waals surface area (Å²) < 4.78 is 9.32. The summed E-state index contributed by atoms with van der Waals surface area (Å²) >= 11 is 1.88. The van der Waals surface area contributed by atoms with Crippen LogP contribution in [-0.2, 0) is 0 Å². The lowest BCUT2D eigenvalue weighted by atomic mass is 9.84. The van der Waals surface area contributed by atoms with E-state index in [2.05, 4.69) is 194 Å². The standard InChI is InChI=1S/C56H32OS/c1-2-14-37-33(12-1)13-11-23-42(37)54-46-20-8-6-18-44(46)53(45-19-7-9-21-47(45)54)36-26-28-41-40-27-24-35(31-51(40)58-52(41)32-36)34-25-29-49-50(30-34)57-56-48-22-10-4-16-39(48)38-15-3-5-17-43(38)55(49)56/h1-32H. The molecule has 2 heterocycles. The van der Waals surface area contributed by atoms with Gasteiger partial charge in [-0.3, -0.25) is 0 Å². The number of benzene rings is 11. The van der Waals surface area contributed by atoms with Gasteiger partial charge in [0.05, 0.1) is 0 Å². The molecule has 0 radical (unpaired) electrons. The average Bonchev–Trinajstić information content (AvgIpc) is 3.86. The first-order valence-corrected chi connectivity index (χ1v) is 20.7. The van der Waals surface area contributed by atoms with Gasteiger partial charge in [-0.05, 0) is 106 Å². The minimum atomic E-state index is 0.918. The third kappa shape index (κ3) is 4.52. The fraction of sp³-hybridized carbons (Fsp3) is 0. The van der Waals surface area contributed by atoms with Gasteiger partial charge in [0, 0.05) is 36.3 Å². The van der Waals surface area contributed by atoms with Crippen molar-refractivity contribution in [3.8, 4) is 33.4 Å². The van der Waals surface area contributed by atoms with E-state index in [0.717, 1.165) is 27.5 Å². The summed E-state index contributed by atoms with van der Waals surface area (Å²) in [6.45, 7) is 0.